The number of aryl methyl sites for hydroxylation is 1. The van der Waals surface area contributed by atoms with Gasteiger partial charge in [-0.2, -0.15) is 13.2 Å². The van der Waals surface area contributed by atoms with Gasteiger partial charge in [-0.15, -0.1) is 0 Å². The van der Waals surface area contributed by atoms with Gasteiger partial charge >= 0.3 is 6.18 Å². The third kappa shape index (κ3) is 1.98. The van der Waals surface area contributed by atoms with Gasteiger partial charge in [-0.1, -0.05) is 0 Å². The van der Waals surface area contributed by atoms with Crippen LogP contribution in [0.5, 0.6) is 0 Å². The van der Waals surface area contributed by atoms with Crippen LogP contribution in [0.15, 0.2) is 12.3 Å². The largest absolute Gasteiger partial charge is 0.416 e. The van der Waals surface area contributed by atoms with Gasteiger partial charge in [-0.3, -0.25) is 4.98 Å². The summed E-state index contributed by atoms with van der Waals surface area (Å²) in [5, 5.41) is 8.72. The highest BCUT2D eigenvalue weighted by Crippen LogP contribution is 2.32. The van der Waals surface area contributed by atoms with Gasteiger partial charge in [0.2, 0.25) is 0 Å². The van der Waals surface area contributed by atoms with Crippen LogP contribution in [-0.4, -0.2) is 10.1 Å². The molecule has 0 aliphatic heterocycles. The van der Waals surface area contributed by atoms with E-state index < -0.39 is 18.3 Å². The van der Waals surface area contributed by atoms with Crippen molar-refractivity contribution in [3.05, 3.63) is 29.1 Å². The molecular weight excluding hydrogens is 183 g/mol. The fourth-order valence-corrected chi connectivity index (χ4v) is 1.06. The number of aromatic nitrogens is 1. The van der Waals surface area contributed by atoms with Gasteiger partial charge in [0, 0.05) is 17.5 Å². The summed E-state index contributed by atoms with van der Waals surface area (Å²) in [6, 6.07) is 0.860. The van der Waals surface area contributed by atoms with Crippen molar-refractivity contribution < 1.29 is 18.3 Å². The van der Waals surface area contributed by atoms with Crippen LogP contribution in [0, 0.1) is 6.92 Å². The third-order valence-electron chi connectivity index (χ3n) is 1.73. The number of nitrogens with zero attached hydrogens (tertiary/aromatic N) is 1. The van der Waals surface area contributed by atoms with Gasteiger partial charge in [0.25, 0.3) is 0 Å². The van der Waals surface area contributed by atoms with Gasteiger partial charge < -0.3 is 5.11 Å². The number of halogens is 3. The Hall–Kier alpha value is -1.10. The third-order valence-corrected chi connectivity index (χ3v) is 1.73. The molecule has 1 rings (SSSR count). The summed E-state index contributed by atoms with van der Waals surface area (Å²) in [5.41, 5.74) is -0.769. The van der Waals surface area contributed by atoms with Gasteiger partial charge in [-0.05, 0) is 13.0 Å². The number of hydrogen-bond acceptors (Lipinski definition) is 2. The summed E-state index contributed by atoms with van der Waals surface area (Å²) in [6.45, 7) is 0.787. The molecule has 5 heteroatoms. The molecular formula is C8H8F3NO. The molecule has 1 heterocycles. The zero-order chi connectivity index (χ0) is 10.1. The Morgan fingerprint density at radius 3 is 2.46 bits per heavy atom. The van der Waals surface area contributed by atoms with E-state index in [1.54, 1.807) is 0 Å². The Morgan fingerprint density at radius 2 is 2.08 bits per heavy atom. The number of pyridine rings is 1. The van der Waals surface area contributed by atoms with Crippen molar-refractivity contribution in [3.63, 3.8) is 0 Å². The van der Waals surface area contributed by atoms with E-state index in [2.05, 4.69) is 4.98 Å². The van der Waals surface area contributed by atoms with Crippen molar-refractivity contribution in [1.29, 1.82) is 0 Å². The van der Waals surface area contributed by atoms with Crippen LogP contribution in [0.1, 0.15) is 16.8 Å². The van der Waals surface area contributed by atoms with Crippen LogP contribution in [0.25, 0.3) is 0 Å². The first-order valence-electron chi connectivity index (χ1n) is 3.59. The maximum Gasteiger partial charge on any atom is 0.416 e. The maximum atomic E-state index is 12.3. The SMILES string of the molecule is Cc1nccc(C(F)(F)F)c1CO. The van der Waals surface area contributed by atoms with E-state index in [0.717, 1.165) is 12.3 Å². The van der Waals surface area contributed by atoms with Crippen LogP contribution in [0.3, 0.4) is 0 Å². The molecule has 1 aromatic heterocycles. The molecule has 1 aromatic rings. The van der Waals surface area contributed by atoms with Crippen molar-refractivity contribution in [2.75, 3.05) is 0 Å². The molecule has 0 unspecified atom stereocenters. The van der Waals surface area contributed by atoms with Crippen LogP contribution >= 0.6 is 0 Å². The van der Waals surface area contributed by atoms with Crippen molar-refractivity contribution in [2.45, 2.75) is 19.7 Å². The van der Waals surface area contributed by atoms with E-state index >= 15 is 0 Å². The standard InChI is InChI=1S/C8H8F3NO/c1-5-6(4-13)7(2-3-12-5)8(9,10)11/h2-3,13H,4H2,1H3. The van der Waals surface area contributed by atoms with Crippen molar-refractivity contribution in [1.82, 2.24) is 4.98 Å². The fourth-order valence-electron chi connectivity index (χ4n) is 1.06. The van der Waals surface area contributed by atoms with E-state index in [-0.39, 0.29) is 11.3 Å². The summed E-state index contributed by atoms with van der Waals surface area (Å²) in [7, 11) is 0. The lowest BCUT2D eigenvalue weighted by Gasteiger charge is -2.12. The Labute approximate surface area is 73.0 Å². The molecule has 1 N–H and O–H groups in total. The summed E-state index contributed by atoms with van der Waals surface area (Å²) < 4.78 is 36.8. The van der Waals surface area contributed by atoms with E-state index in [0.29, 0.717) is 0 Å². The van der Waals surface area contributed by atoms with Crippen LogP contribution in [0.2, 0.25) is 0 Å². The fraction of sp³-hybridized carbons (Fsp3) is 0.375. The second kappa shape index (κ2) is 3.33. The summed E-state index contributed by atoms with van der Waals surface area (Å²) in [4.78, 5) is 3.66. The van der Waals surface area contributed by atoms with E-state index in [9.17, 15) is 13.2 Å². The maximum absolute atomic E-state index is 12.3. The topological polar surface area (TPSA) is 33.1 Å². The molecule has 0 amide bonds. The normalized spacial score (nSPS) is 11.8. The summed E-state index contributed by atoms with van der Waals surface area (Å²) in [5.74, 6) is 0. The van der Waals surface area contributed by atoms with E-state index in [1.807, 2.05) is 0 Å². The second-order valence-electron chi connectivity index (χ2n) is 2.58. The predicted octanol–water partition coefficient (Wildman–Crippen LogP) is 1.90. The van der Waals surface area contributed by atoms with Crippen molar-refractivity contribution in [3.8, 4) is 0 Å². The molecule has 0 aliphatic carbocycles. The molecule has 0 fully saturated rings. The first-order valence-corrected chi connectivity index (χ1v) is 3.59. The molecule has 13 heavy (non-hydrogen) atoms. The number of alkyl halides is 3. The average molecular weight is 191 g/mol. The predicted molar refractivity (Wildman–Crippen MR) is 39.9 cm³/mol. The van der Waals surface area contributed by atoms with E-state index in [4.69, 9.17) is 5.11 Å². The minimum absolute atomic E-state index is 0.157. The smallest absolute Gasteiger partial charge is 0.392 e. The Bertz CT molecular complexity index is 309. The highest BCUT2D eigenvalue weighted by molar-refractivity contribution is 5.30. The number of aliphatic hydroxyl groups excluding tert-OH is 1. The molecule has 0 bridgehead atoms. The summed E-state index contributed by atoms with van der Waals surface area (Å²) >= 11 is 0. The minimum atomic E-state index is -4.42. The minimum Gasteiger partial charge on any atom is -0.392 e. The van der Waals surface area contributed by atoms with Crippen molar-refractivity contribution in [2.24, 2.45) is 0 Å². The lowest BCUT2D eigenvalue weighted by atomic mass is 10.1. The lowest BCUT2D eigenvalue weighted by Crippen LogP contribution is -2.11. The molecule has 0 aliphatic rings. The summed E-state index contributed by atoms with van der Waals surface area (Å²) in [6.07, 6.45) is -3.34. The van der Waals surface area contributed by atoms with Gasteiger partial charge in [-0.25, -0.2) is 0 Å². The van der Waals surface area contributed by atoms with Crippen LogP contribution < -0.4 is 0 Å². The first-order chi connectivity index (χ1) is 5.96. The zero-order valence-corrected chi connectivity index (χ0v) is 6.89. The first kappa shape index (κ1) is 9.98. The quantitative estimate of drug-likeness (QED) is 0.735. The van der Waals surface area contributed by atoms with Crippen LogP contribution in [0.4, 0.5) is 13.2 Å². The van der Waals surface area contributed by atoms with Gasteiger partial charge in [0.1, 0.15) is 0 Å². The lowest BCUT2D eigenvalue weighted by molar-refractivity contribution is -0.138. The number of aliphatic hydroxyl groups is 1. The molecule has 0 radical (unpaired) electrons. The van der Waals surface area contributed by atoms with Crippen LogP contribution in [-0.2, 0) is 12.8 Å². The Balaban J connectivity index is 3.29. The highest BCUT2D eigenvalue weighted by atomic mass is 19.4. The van der Waals surface area contributed by atoms with E-state index in [1.165, 1.54) is 6.92 Å². The molecule has 0 atom stereocenters. The van der Waals surface area contributed by atoms with Crippen molar-refractivity contribution >= 4 is 0 Å². The van der Waals surface area contributed by atoms with Gasteiger partial charge in [0.05, 0.1) is 12.2 Å². The molecule has 72 valence electrons. The average Bonchev–Trinajstić information content (AvgIpc) is 2.02. The Morgan fingerprint density at radius 1 is 1.46 bits per heavy atom. The molecule has 2 nitrogen and oxygen atoms in total. The molecule has 0 saturated carbocycles. The zero-order valence-electron chi connectivity index (χ0n) is 6.89. The molecule has 0 aromatic carbocycles. The number of rotatable bonds is 1. The molecule has 0 saturated heterocycles. The monoisotopic (exact) mass is 191 g/mol. The van der Waals surface area contributed by atoms with Gasteiger partial charge in [0.15, 0.2) is 0 Å². The molecule has 0 spiro atoms. The number of hydrogen-bond donors (Lipinski definition) is 1. The second-order valence-corrected chi connectivity index (χ2v) is 2.58. The Kier molecular flexibility index (Phi) is 2.56. The highest BCUT2D eigenvalue weighted by Gasteiger charge is 2.33.